The molecule has 0 fully saturated rings. The van der Waals surface area contributed by atoms with Crippen molar-refractivity contribution in [3.05, 3.63) is 29.8 Å². The summed E-state index contributed by atoms with van der Waals surface area (Å²) in [6.07, 6.45) is -3.70. The van der Waals surface area contributed by atoms with Gasteiger partial charge in [0, 0.05) is 38.1 Å². The number of rotatable bonds is 39. The predicted molar refractivity (Wildman–Crippen MR) is 296 cm³/mol. The van der Waals surface area contributed by atoms with Crippen LogP contribution in [0.3, 0.4) is 0 Å². The van der Waals surface area contributed by atoms with Gasteiger partial charge in [-0.15, -0.1) is 0 Å². The molecule has 0 radical (unpaired) electrons. The van der Waals surface area contributed by atoms with Crippen LogP contribution >= 0.6 is 12.6 Å². The fourth-order valence-corrected chi connectivity index (χ4v) is 7.50. The molecule has 82 heavy (non-hydrogen) atoms. The lowest BCUT2D eigenvalue weighted by Crippen LogP contribution is -2.61. The number of nitrogens with zero attached hydrogens (tertiary/aromatic N) is 2. The van der Waals surface area contributed by atoms with Crippen LogP contribution in [0.4, 0.5) is 0 Å². The normalized spacial score (nSPS) is 14.5. The Bertz CT molecular complexity index is 2430. The number of aliphatic hydroxyl groups excluding tert-OH is 1. The monoisotopic (exact) mass is 1180 g/mol. The SMILES string of the molecule is CC[C@H](C)[C@H](NC(=O)[C@H](CCCN=C(N)N)NC(=O)CNC(=O)[C@H](CCC(=O)O)NC(=O)[C@H](CS)NC(=O)[C@H](CCCN=C(N)N)NC(=O)[C@H](Cc1ccc(O)cc1)NC(=O)[C@@H](NC(=O)CNC(=O)[C@@H](N)CCC(=O)O)[C@@H](C)O)C(=O)O. The van der Waals surface area contributed by atoms with E-state index in [1.807, 2.05) is 0 Å². The highest BCUT2D eigenvalue weighted by Gasteiger charge is 2.35. The molecular weight excluding hydrogens is 1100 g/mol. The quantitative estimate of drug-likeness (QED) is 0.0126. The Morgan fingerprint density at radius 3 is 1.48 bits per heavy atom. The summed E-state index contributed by atoms with van der Waals surface area (Å²) >= 11 is 4.18. The molecule has 0 bridgehead atoms. The molecule has 9 amide bonds. The number of nitrogens with two attached hydrogens (primary N) is 5. The van der Waals surface area contributed by atoms with Crippen LogP contribution in [0.15, 0.2) is 34.3 Å². The molecule has 24 N–H and O–H groups in total. The maximum absolute atomic E-state index is 14.2. The highest BCUT2D eigenvalue weighted by molar-refractivity contribution is 7.80. The summed E-state index contributed by atoms with van der Waals surface area (Å²) in [4.78, 5) is 163. The van der Waals surface area contributed by atoms with Crippen LogP contribution in [0.25, 0.3) is 0 Å². The smallest absolute Gasteiger partial charge is 0.326 e. The molecule has 0 aromatic heterocycles. The number of carboxylic acid groups (broad SMARTS) is 3. The van der Waals surface area contributed by atoms with Gasteiger partial charge in [0.15, 0.2) is 11.9 Å². The highest BCUT2D eigenvalue weighted by atomic mass is 32.1. The summed E-state index contributed by atoms with van der Waals surface area (Å²) < 4.78 is 0. The Balaban J connectivity index is 3.44. The molecule has 1 aromatic carbocycles. The number of aromatic hydroxyl groups is 1. The van der Waals surface area contributed by atoms with E-state index < -0.39 is 170 Å². The number of carbonyl (C=O) groups is 12. The van der Waals surface area contributed by atoms with Crippen molar-refractivity contribution in [2.45, 2.75) is 139 Å². The molecule has 0 heterocycles. The molecule has 34 heteroatoms. The van der Waals surface area contributed by atoms with E-state index in [4.69, 9.17) is 33.8 Å². The van der Waals surface area contributed by atoms with Crippen molar-refractivity contribution in [1.29, 1.82) is 0 Å². The zero-order valence-corrected chi connectivity index (χ0v) is 46.4. The summed E-state index contributed by atoms with van der Waals surface area (Å²) in [6, 6.07) is -6.86. The van der Waals surface area contributed by atoms with Gasteiger partial charge in [-0.3, -0.25) is 62.7 Å². The van der Waals surface area contributed by atoms with Gasteiger partial charge in [-0.1, -0.05) is 32.4 Å². The Kier molecular flexibility index (Phi) is 32.6. The molecule has 0 aliphatic carbocycles. The number of aliphatic carboxylic acids is 3. The molecule has 1 rings (SSSR count). The van der Waals surface area contributed by atoms with E-state index in [1.165, 1.54) is 24.3 Å². The molecular formula is C48H78N16O17S. The number of phenolic OH excluding ortho intramolecular Hbond substituents is 1. The second-order valence-electron chi connectivity index (χ2n) is 18.7. The summed E-state index contributed by atoms with van der Waals surface area (Å²) in [5, 5.41) is 69.6. The van der Waals surface area contributed by atoms with Crippen molar-refractivity contribution < 1.29 is 83.1 Å². The maximum atomic E-state index is 14.2. The number of hydrogen-bond donors (Lipinski definition) is 20. The van der Waals surface area contributed by atoms with Crippen molar-refractivity contribution in [2.75, 3.05) is 31.9 Å². The second-order valence-corrected chi connectivity index (χ2v) is 19.1. The fourth-order valence-electron chi connectivity index (χ4n) is 7.24. The molecule has 33 nitrogen and oxygen atoms in total. The molecule has 1 aromatic rings. The van der Waals surface area contributed by atoms with Crippen LogP contribution in [0.2, 0.25) is 0 Å². The van der Waals surface area contributed by atoms with Gasteiger partial charge >= 0.3 is 17.9 Å². The van der Waals surface area contributed by atoms with Gasteiger partial charge < -0.3 is 102 Å². The van der Waals surface area contributed by atoms with Crippen molar-refractivity contribution in [3.63, 3.8) is 0 Å². The summed E-state index contributed by atoms with van der Waals surface area (Å²) in [5.74, 6) is -14.7. The number of amides is 9. The number of nitrogens with one attached hydrogen (secondary N) is 9. The van der Waals surface area contributed by atoms with Crippen molar-refractivity contribution in [3.8, 4) is 5.75 Å². The number of thiol groups is 1. The van der Waals surface area contributed by atoms with Crippen LogP contribution in [-0.2, 0) is 64.0 Å². The van der Waals surface area contributed by atoms with Gasteiger partial charge in [0.2, 0.25) is 53.2 Å². The number of aliphatic hydroxyl groups is 1. The third-order valence-corrected chi connectivity index (χ3v) is 12.4. The third-order valence-electron chi connectivity index (χ3n) is 12.0. The Labute approximate surface area is 476 Å². The van der Waals surface area contributed by atoms with Crippen molar-refractivity contribution >= 4 is 95.6 Å². The number of carboxylic acids is 3. The van der Waals surface area contributed by atoms with E-state index in [0.29, 0.717) is 12.0 Å². The number of aliphatic imine (C=N–C) groups is 2. The molecule has 0 saturated carbocycles. The number of benzene rings is 1. The molecule has 0 unspecified atom stereocenters. The van der Waals surface area contributed by atoms with E-state index >= 15 is 0 Å². The first-order valence-corrected chi connectivity index (χ1v) is 26.4. The first-order valence-electron chi connectivity index (χ1n) is 25.7. The summed E-state index contributed by atoms with van der Waals surface area (Å²) in [6.45, 7) is 2.79. The van der Waals surface area contributed by atoms with Gasteiger partial charge in [0.1, 0.15) is 48.0 Å². The van der Waals surface area contributed by atoms with Gasteiger partial charge in [-0.05, 0) is 69.1 Å². The molecule has 10 atom stereocenters. The number of carbonyl (C=O) groups excluding carboxylic acids is 9. The molecule has 458 valence electrons. The first-order chi connectivity index (χ1) is 38.5. The minimum atomic E-state index is -1.77. The van der Waals surface area contributed by atoms with Gasteiger partial charge in [0.05, 0.1) is 25.2 Å². The van der Waals surface area contributed by atoms with Crippen LogP contribution in [0.1, 0.15) is 84.1 Å². The molecule has 0 aliphatic heterocycles. The van der Waals surface area contributed by atoms with Gasteiger partial charge in [-0.2, -0.15) is 12.6 Å². The predicted octanol–water partition coefficient (Wildman–Crippen LogP) is -6.83. The second kappa shape index (κ2) is 37.4. The summed E-state index contributed by atoms with van der Waals surface area (Å²) in [5.41, 5.74) is 27.7. The average Bonchev–Trinajstić information content (AvgIpc) is 3.43. The Morgan fingerprint density at radius 2 is 0.988 bits per heavy atom. The van der Waals surface area contributed by atoms with E-state index in [2.05, 4.69) is 70.5 Å². The standard InChI is InChI=1S/C48H78N16O17S/c1-4-23(2)37(46(80)81)64-42(76)28(7-5-17-54-47(50)51)58-33(67)20-57-40(74)30(14-16-36(71)72)60-44(78)32(22-82)62-41(75)29(8-6-18-55-48(52)53)59-43(77)31(19-25-9-11-26(66)12-10-25)61-45(79)38(24(3)65)63-34(68)21-56-39(73)27(49)13-15-35(69)70/h9-12,23-24,27-32,37-38,65-66,82H,4-8,13-22,49H2,1-3H3,(H,56,73)(H,57,74)(H,58,67)(H,59,77)(H,60,78)(H,61,79)(H,62,75)(H,63,68)(H,64,76)(H,69,70)(H,71,72)(H,80,81)(H4,50,51,54)(H4,52,53,55)/t23-,24+,27-,28-,29-,30-,31-,32-,37-,38-/m0/s1. The lowest BCUT2D eigenvalue weighted by Gasteiger charge is -2.27. The Hall–Kier alpha value is -8.53. The average molecular weight is 1180 g/mol. The number of guanidine groups is 2. The number of phenols is 1. The third kappa shape index (κ3) is 28.6. The fraction of sp³-hybridized carbons (Fsp3) is 0.583. The zero-order chi connectivity index (χ0) is 62.2. The van der Waals surface area contributed by atoms with Crippen LogP contribution in [-0.4, -0.2) is 195 Å². The maximum Gasteiger partial charge on any atom is 0.326 e. The molecule has 0 saturated heterocycles. The van der Waals surface area contributed by atoms with E-state index in [9.17, 15) is 78.0 Å². The minimum absolute atomic E-state index is 0.00936. The van der Waals surface area contributed by atoms with Gasteiger partial charge in [-0.25, -0.2) is 4.79 Å². The van der Waals surface area contributed by atoms with Crippen LogP contribution in [0, 0.1) is 5.92 Å². The number of hydrogen-bond acceptors (Lipinski definition) is 18. The first kappa shape index (κ1) is 71.5. The zero-order valence-electron chi connectivity index (χ0n) is 45.6. The van der Waals surface area contributed by atoms with Gasteiger partial charge in [0.25, 0.3) is 0 Å². The van der Waals surface area contributed by atoms with Crippen molar-refractivity contribution in [1.82, 2.24) is 47.9 Å². The van der Waals surface area contributed by atoms with E-state index in [-0.39, 0.29) is 69.3 Å². The van der Waals surface area contributed by atoms with Crippen LogP contribution in [0.5, 0.6) is 5.75 Å². The summed E-state index contributed by atoms with van der Waals surface area (Å²) in [7, 11) is 0. The topological polar surface area (TPSA) is 569 Å². The minimum Gasteiger partial charge on any atom is -0.508 e. The highest BCUT2D eigenvalue weighted by Crippen LogP contribution is 2.14. The lowest BCUT2D eigenvalue weighted by molar-refractivity contribution is -0.144. The molecule has 0 spiro atoms. The van der Waals surface area contributed by atoms with Crippen LogP contribution < -0.4 is 76.5 Å². The molecule has 0 aliphatic rings. The van der Waals surface area contributed by atoms with Crippen molar-refractivity contribution in [2.24, 2.45) is 44.6 Å². The Morgan fingerprint density at radius 1 is 0.549 bits per heavy atom. The largest absolute Gasteiger partial charge is 0.508 e. The lowest BCUT2D eigenvalue weighted by atomic mass is 9.98. The van der Waals surface area contributed by atoms with E-state index in [0.717, 1.165) is 6.92 Å². The van der Waals surface area contributed by atoms with E-state index in [1.54, 1.807) is 13.8 Å².